The third kappa shape index (κ3) is 2.87. The number of carbonyl (C=O) groups is 1. The summed E-state index contributed by atoms with van der Waals surface area (Å²) in [4.78, 5) is 12.0. The van der Waals surface area contributed by atoms with E-state index in [-0.39, 0.29) is 17.4 Å². The SMILES string of the molecule is CC1N/C(=C\N)CNc2cc3oc(-c4ccc(F)cc4)c(C(=O)O)c3cc21. The van der Waals surface area contributed by atoms with Gasteiger partial charge in [0.2, 0.25) is 0 Å². The van der Waals surface area contributed by atoms with Crippen molar-refractivity contribution in [1.82, 2.24) is 5.32 Å². The van der Waals surface area contributed by atoms with Crippen LogP contribution < -0.4 is 16.4 Å². The van der Waals surface area contributed by atoms with Gasteiger partial charge >= 0.3 is 5.97 Å². The third-order valence-electron chi connectivity index (χ3n) is 4.72. The molecule has 0 amide bonds. The molecule has 0 aliphatic carbocycles. The van der Waals surface area contributed by atoms with E-state index in [0.29, 0.717) is 23.1 Å². The van der Waals surface area contributed by atoms with Crippen molar-refractivity contribution in [2.75, 3.05) is 11.9 Å². The molecule has 4 rings (SSSR count). The molecular weight excluding hydrogens is 349 g/mol. The summed E-state index contributed by atoms with van der Waals surface area (Å²) >= 11 is 0. The van der Waals surface area contributed by atoms with Gasteiger partial charge in [-0.15, -0.1) is 0 Å². The molecular formula is C20H18FN3O3. The normalized spacial score (nSPS) is 17.9. The topological polar surface area (TPSA) is 101 Å². The van der Waals surface area contributed by atoms with Crippen molar-refractivity contribution < 1.29 is 18.7 Å². The third-order valence-corrected chi connectivity index (χ3v) is 4.72. The molecule has 1 aliphatic rings. The van der Waals surface area contributed by atoms with Gasteiger partial charge in [-0.1, -0.05) is 0 Å². The van der Waals surface area contributed by atoms with Crippen molar-refractivity contribution in [3.8, 4) is 11.3 Å². The second kappa shape index (κ2) is 6.35. The number of fused-ring (bicyclic) bond motifs is 2. The lowest BCUT2D eigenvalue weighted by Gasteiger charge is -2.14. The lowest BCUT2D eigenvalue weighted by atomic mass is 10.00. The molecule has 1 unspecified atom stereocenters. The molecule has 7 heteroatoms. The van der Waals surface area contributed by atoms with Crippen LogP contribution in [-0.2, 0) is 0 Å². The monoisotopic (exact) mass is 367 g/mol. The molecule has 2 aromatic carbocycles. The smallest absolute Gasteiger partial charge is 0.340 e. The fourth-order valence-electron chi connectivity index (χ4n) is 3.39. The summed E-state index contributed by atoms with van der Waals surface area (Å²) in [5.74, 6) is -1.29. The van der Waals surface area contributed by atoms with Gasteiger partial charge in [-0.05, 0) is 42.8 Å². The Morgan fingerprint density at radius 2 is 2.07 bits per heavy atom. The Hall–Kier alpha value is -3.48. The molecule has 1 atom stereocenters. The second-order valence-electron chi connectivity index (χ2n) is 6.47. The Kier molecular flexibility index (Phi) is 3.99. The number of carboxylic acid groups (broad SMARTS) is 1. The first-order chi connectivity index (χ1) is 13.0. The van der Waals surface area contributed by atoms with E-state index >= 15 is 0 Å². The van der Waals surface area contributed by atoms with Crippen LogP contribution in [0.1, 0.15) is 28.9 Å². The largest absolute Gasteiger partial charge is 0.478 e. The van der Waals surface area contributed by atoms with Crippen LogP contribution in [0.3, 0.4) is 0 Å². The predicted octanol–water partition coefficient (Wildman–Crippen LogP) is 3.81. The second-order valence-corrected chi connectivity index (χ2v) is 6.47. The average molecular weight is 367 g/mol. The van der Waals surface area contributed by atoms with Crippen LogP contribution in [0.2, 0.25) is 0 Å². The number of hydrogen-bond acceptors (Lipinski definition) is 5. The molecule has 5 N–H and O–H groups in total. The van der Waals surface area contributed by atoms with Crippen LogP contribution in [0.15, 0.2) is 52.7 Å². The highest BCUT2D eigenvalue weighted by Gasteiger charge is 2.25. The molecule has 1 aliphatic heterocycles. The maximum Gasteiger partial charge on any atom is 0.340 e. The van der Waals surface area contributed by atoms with Gasteiger partial charge in [-0.2, -0.15) is 0 Å². The van der Waals surface area contributed by atoms with Crippen LogP contribution in [0, 0.1) is 5.82 Å². The summed E-state index contributed by atoms with van der Waals surface area (Å²) in [7, 11) is 0. The van der Waals surface area contributed by atoms with E-state index in [2.05, 4.69) is 10.6 Å². The van der Waals surface area contributed by atoms with Crippen LogP contribution in [0.5, 0.6) is 0 Å². The van der Waals surface area contributed by atoms with Crippen molar-refractivity contribution in [2.45, 2.75) is 13.0 Å². The molecule has 0 radical (unpaired) electrons. The molecule has 3 aromatic rings. The number of carboxylic acids is 1. The molecule has 6 nitrogen and oxygen atoms in total. The Balaban J connectivity index is 1.93. The number of nitrogens with one attached hydrogen (secondary N) is 2. The average Bonchev–Trinajstić information content (AvgIpc) is 2.95. The van der Waals surface area contributed by atoms with Gasteiger partial charge in [0.1, 0.15) is 22.7 Å². The number of hydrogen-bond donors (Lipinski definition) is 4. The van der Waals surface area contributed by atoms with Crippen LogP contribution >= 0.6 is 0 Å². The Morgan fingerprint density at radius 3 is 2.74 bits per heavy atom. The molecule has 0 fully saturated rings. The number of anilines is 1. The number of halogens is 1. The zero-order chi connectivity index (χ0) is 19.1. The highest BCUT2D eigenvalue weighted by molar-refractivity contribution is 6.08. The molecule has 2 heterocycles. The molecule has 0 saturated carbocycles. The van der Waals surface area contributed by atoms with Crippen molar-refractivity contribution in [2.24, 2.45) is 5.73 Å². The number of benzene rings is 2. The summed E-state index contributed by atoms with van der Waals surface area (Å²) in [6, 6.07) is 9.10. The lowest BCUT2D eigenvalue weighted by Crippen LogP contribution is -2.20. The first kappa shape index (κ1) is 17.0. The fraction of sp³-hybridized carbons (Fsp3) is 0.150. The van der Waals surface area contributed by atoms with Crippen LogP contribution in [-0.4, -0.2) is 17.6 Å². The molecule has 1 aromatic heterocycles. The molecule has 0 saturated heterocycles. The van der Waals surface area contributed by atoms with E-state index in [0.717, 1.165) is 16.9 Å². The van der Waals surface area contributed by atoms with Crippen LogP contribution in [0.25, 0.3) is 22.3 Å². The first-order valence-corrected chi connectivity index (χ1v) is 8.48. The number of furan rings is 1. The summed E-state index contributed by atoms with van der Waals surface area (Å²) in [5.41, 5.74) is 9.24. The minimum atomic E-state index is -1.10. The number of nitrogens with two attached hydrogens (primary N) is 1. The number of aromatic carboxylic acids is 1. The van der Waals surface area contributed by atoms with Crippen molar-refractivity contribution >= 4 is 22.6 Å². The molecule has 27 heavy (non-hydrogen) atoms. The summed E-state index contributed by atoms with van der Waals surface area (Å²) in [6.45, 7) is 2.50. The van der Waals surface area contributed by atoms with Crippen LogP contribution in [0.4, 0.5) is 10.1 Å². The van der Waals surface area contributed by atoms with Gasteiger partial charge in [0, 0.05) is 34.6 Å². The maximum atomic E-state index is 13.2. The van der Waals surface area contributed by atoms with Gasteiger partial charge in [-0.3, -0.25) is 0 Å². The maximum absolute atomic E-state index is 13.2. The zero-order valence-corrected chi connectivity index (χ0v) is 14.5. The predicted molar refractivity (Wildman–Crippen MR) is 101 cm³/mol. The lowest BCUT2D eigenvalue weighted by molar-refractivity contribution is 0.0699. The Labute approximate surface area is 154 Å². The summed E-state index contributed by atoms with van der Waals surface area (Å²) in [6.07, 6.45) is 1.51. The molecule has 0 spiro atoms. The van der Waals surface area contributed by atoms with Gasteiger partial charge in [-0.25, -0.2) is 9.18 Å². The number of rotatable bonds is 2. The molecule has 0 bridgehead atoms. The van der Waals surface area contributed by atoms with E-state index in [9.17, 15) is 14.3 Å². The minimum absolute atomic E-state index is 0.0606. The van der Waals surface area contributed by atoms with E-state index in [4.69, 9.17) is 10.2 Å². The van der Waals surface area contributed by atoms with Gasteiger partial charge in [0.25, 0.3) is 0 Å². The van der Waals surface area contributed by atoms with E-state index in [1.54, 1.807) is 6.07 Å². The zero-order valence-electron chi connectivity index (χ0n) is 14.5. The van der Waals surface area contributed by atoms with Gasteiger partial charge in [0.05, 0.1) is 12.6 Å². The van der Waals surface area contributed by atoms with Gasteiger partial charge in [0.15, 0.2) is 0 Å². The Bertz CT molecular complexity index is 1070. The van der Waals surface area contributed by atoms with Crippen molar-refractivity contribution in [1.29, 1.82) is 0 Å². The fourth-order valence-corrected chi connectivity index (χ4v) is 3.39. The standard InChI is InChI=1S/C20H18FN3O3/c1-10-14-6-15-17(7-16(14)23-9-13(8-22)24-10)27-19(18(15)20(25)26)11-2-4-12(21)5-3-11/h2-8,10,23-24H,9,22H2,1H3,(H,25,26)/b13-8-. The van der Waals surface area contributed by atoms with E-state index < -0.39 is 11.8 Å². The first-order valence-electron chi connectivity index (χ1n) is 8.48. The van der Waals surface area contributed by atoms with Crippen molar-refractivity contribution in [3.63, 3.8) is 0 Å². The quantitative estimate of drug-likeness (QED) is 0.549. The minimum Gasteiger partial charge on any atom is -0.478 e. The van der Waals surface area contributed by atoms with E-state index in [1.165, 1.54) is 30.5 Å². The molecule has 138 valence electrons. The van der Waals surface area contributed by atoms with E-state index in [1.807, 2.05) is 13.0 Å². The Morgan fingerprint density at radius 1 is 1.33 bits per heavy atom. The summed E-state index contributed by atoms with van der Waals surface area (Å²) in [5, 5.41) is 16.9. The van der Waals surface area contributed by atoms with Crippen molar-refractivity contribution in [3.05, 3.63) is 65.2 Å². The highest BCUT2D eigenvalue weighted by Crippen LogP contribution is 2.38. The summed E-state index contributed by atoms with van der Waals surface area (Å²) < 4.78 is 19.1. The highest BCUT2D eigenvalue weighted by atomic mass is 19.1. The van der Waals surface area contributed by atoms with Gasteiger partial charge < -0.3 is 25.9 Å².